The van der Waals surface area contributed by atoms with E-state index < -0.39 is 5.91 Å². The second kappa shape index (κ2) is 10.7. The van der Waals surface area contributed by atoms with E-state index in [1.807, 2.05) is 19.2 Å². The van der Waals surface area contributed by atoms with Gasteiger partial charge in [0.1, 0.15) is 5.82 Å². The Bertz CT molecular complexity index is 925. The van der Waals surface area contributed by atoms with Crippen LogP contribution in [0.1, 0.15) is 22.8 Å². The highest BCUT2D eigenvalue weighted by Gasteiger charge is 2.15. The average molecular weight is 396 g/mol. The van der Waals surface area contributed by atoms with Gasteiger partial charge in [0, 0.05) is 12.7 Å². The average Bonchev–Trinajstić information content (AvgIpc) is 3.06. The fourth-order valence-electron chi connectivity index (χ4n) is 2.71. The predicted octanol–water partition coefficient (Wildman–Crippen LogP) is 1.33. The largest absolute Gasteiger partial charge is 0.483 e. The summed E-state index contributed by atoms with van der Waals surface area (Å²) in [5.74, 6) is 0.705. The number of primary amides is 1. The summed E-state index contributed by atoms with van der Waals surface area (Å²) in [7, 11) is 2.02. The zero-order valence-electron chi connectivity index (χ0n) is 16.4. The zero-order chi connectivity index (χ0) is 21.2. The Labute approximate surface area is 168 Å². The Balaban J connectivity index is 0.000000941. The number of amides is 1. The molecule has 0 bridgehead atoms. The number of nitrogens with zero attached hydrogens (tertiary/aromatic N) is 5. The maximum atomic E-state index is 11.2. The molecule has 3 aromatic rings. The lowest BCUT2D eigenvalue weighted by Gasteiger charge is -2.16. The molecule has 3 N–H and O–H groups in total. The van der Waals surface area contributed by atoms with Crippen LogP contribution in [0.25, 0.3) is 5.69 Å². The monoisotopic (exact) mass is 396 g/mol. The lowest BCUT2D eigenvalue weighted by molar-refractivity contribution is -0.123. The Morgan fingerprint density at radius 2 is 1.93 bits per heavy atom. The van der Waals surface area contributed by atoms with Gasteiger partial charge in [-0.3, -0.25) is 19.5 Å². The van der Waals surface area contributed by atoms with Gasteiger partial charge in [0.15, 0.2) is 5.82 Å². The molecule has 0 atom stereocenters. The van der Waals surface area contributed by atoms with Crippen LogP contribution in [-0.2, 0) is 29.1 Å². The van der Waals surface area contributed by atoms with Crippen LogP contribution in [-0.4, -0.2) is 49.2 Å². The molecule has 1 amide bonds. The molecule has 0 saturated carbocycles. The van der Waals surface area contributed by atoms with Crippen LogP contribution < -0.4 is 5.73 Å². The van der Waals surface area contributed by atoms with Crippen LogP contribution in [0.4, 0.5) is 0 Å². The van der Waals surface area contributed by atoms with Crippen molar-refractivity contribution in [2.45, 2.75) is 26.4 Å². The number of carbonyl (C=O) groups excluding carboxylic acids is 1. The SMILES string of the molecule is Cc1ccc(CN(C)Cc2nc(CC(N)=O)nn2-c2cccnc2)cc1.O=CO. The second-order valence-corrected chi connectivity index (χ2v) is 6.47. The minimum atomic E-state index is -0.451. The number of benzene rings is 1. The van der Waals surface area contributed by atoms with Crippen molar-refractivity contribution in [1.82, 2.24) is 24.6 Å². The molecule has 0 saturated heterocycles. The third-order valence-corrected chi connectivity index (χ3v) is 3.93. The maximum Gasteiger partial charge on any atom is 0.290 e. The molecule has 3 rings (SSSR count). The van der Waals surface area contributed by atoms with E-state index in [0.717, 1.165) is 18.1 Å². The Morgan fingerprint density at radius 3 is 2.52 bits per heavy atom. The molecule has 0 spiro atoms. The van der Waals surface area contributed by atoms with Gasteiger partial charge in [-0.2, -0.15) is 5.10 Å². The van der Waals surface area contributed by atoms with Gasteiger partial charge in [0.25, 0.3) is 6.47 Å². The molecule has 2 aromatic heterocycles. The van der Waals surface area contributed by atoms with E-state index in [9.17, 15) is 4.79 Å². The van der Waals surface area contributed by atoms with Crippen LogP contribution in [0.3, 0.4) is 0 Å². The van der Waals surface area contributed by atoms with Crippen LogP contribution >= 0.6 is 0 Å². The lowest BCUT2D eigenvalue weighted by atomic mass is 10.1. The van der Waals surface area contributed by atoms with Crippen molar-refractivity contribution >= 4 is 12.4 Å². The van der Waals surface area contributed by atoms with Crippen LogP contribution in [0.2, 0.25) is 0 Å². The van der Waals surface area contributed by atoms with Crippen molar-refractivity contribution in [3.05, 3.63) is 71.6 Å². The molecule has 0 aliphatic carbocycles. The third kappa shape index (κ3) is 6.82. The van der Waals surface area contributed by atoms with Gasteiger partial charge in [-0.05, 0) is 31.7 Å². The molecule has 9 heteroatoms. The van der Waals surface area contributed by atoms with Crippen LogP contribution in [0.5, 0.6) is 0 Å². The van der Waals surface area contributed by atoms with Gasteiger partial charge in [-0.1, -0.05) is 29.8 Å². The minimum absolute atomic E-state index is 0.0158. The fourth-order valence-corrected chi connectivity index (χ4v) is 2.71. The number of aryl methyl sites for hydroxylation is 1. The first-order valence-electron chi connectivity index (χ1n) is 8.88. The van der Waals surface area contributed by atoms with E-state index in [4.69, 9.17) is 15.6 Å². The van der Waals surface area contributed by atoms with Gasteiger partial charge in [-0.15, -0.1) is 0 Å². The van der Waals surface area contributed by atoms with Crippen molar-refractivity contribution in [3.8, 4) is 5.69 Å². The molecular weight excluding hydrogens is 372 g/mol. The second-order valence-electron chi connectivity index (χ2n) is 6.47. The topological polar surface area (TPSA) is 127 Å². The number of hydrogen-bond donors (Lipinski definition) is 2. The molecule has 0 unspecified atom stereocenters. The summed E-state index contributed by atoms with van der Waals surface area (Å²) in [5.41, 5.74) is 8.55. The quantitative estimate of drug-likeness (QED) is 0.577. The Kier molecular flexibility index (Phi) is 7.99. The predicted molar refractivity (Wildman–Crippen MR) is 107 cm³/mol. The molecule has 2 heterocycles. The highest BCUT2D eigenvalue weighted by molar-refractivity contribution is 5.75. The van der Waals surface area contributed by atoms with Crippen LogP contribution in [0.15, 0.2) is 48.8 Å². The van der Waals surface area contributed by atoms with Gasteiger partial charge in [0.2, 0.25) is 5.91 Å². The highest BCUT2D eigenvalue weighted by Crippen LogP contribution is 2.13. The first-order chi connectivity index (χ1) is 13.9. The summed E-state index contributed by atoms with van der Waals surface area (Å²) in [4.78, 5) is 30.4. The van der Waals surface area contributed by atoms with E-state index in [2.05, 4.69) is 51.2 Å². The van der Waals surface area contributed by atoms with Crippen molar-refractivity contribution in [3.63, 3.8) is 0 Å². The molecule has 0 fully saturated rings. The molecule has 0 aliphatic rings. The zero-order valence-corrected chi connectivity index (χ0v) is 16.4. The number of pyridine rings is 1. The summed E-state index contributed by atoms with van der Waals surface area (Å²) in [6, 6.07) is 12.2. The first kappa shape index (κ1) is 21.7. The normalized spacial score (nSPS) is 10.3. The smallest absolute Gasteiger partial charge is 0.290 e. The molecule has 0 radical (unpaired) electrons. The van der Waals surface area contributed by atoms with Crippen LogP contribution in [0, 0.1) is 6.92 Å². The third-order valence-electron chi connectivity index (χ3n) is 3.93. The van der Waals surface area contributed by atoms with E-state index in [1.54, 1.807) is 17.1 Å². The maximum absolute atomic E-state index is 11.2. The number of aromatic nitrogens is 4. The summed E-state index contributed by atoms with van der Waals surface area (Å²) in [6.07, 6.45) is 3.43. The first-order valence-corrected chi connectivity index (χ1v) is 8.88. The standard InChI is InChI=1S/C19H22N6O.CH2O2/c1-14-5-7-15(8-6-14)12-24(2)13-19-22-18(10-17(20)26)23-25(19)16-4-3-9-21-11-16;2-1-3/h3-9,11H,10,12-13H2,1-2H3,(H2,20,26);1H,(H,2,3). The number of rotatable bonds is 7. The molecule has 1 aromatic carbocycles. The van der Waals surface area contributed by atoms with Crippen molar-refractivity contribution < 1.29 is 14.7 Å². The van der Waals surface area contributed by atoms with Crippen molar-refractivity contribution in [1.29, 1.82) is 0 Å². The summed E-state index contributed by atoms with van der Waals surface area (Å²) >= 11 is 0. The molecule has 152 valence electrons. The summed E-state index contributed by atoms with van der Waals surface area (Å²) < 4.78 is 1.72. The molecule has 9 nitrogen and oxygen atoms in total. The van der Waals surface area contributed by atoms with Gasteiger partial charge in [-0.25, -0.2) is 9.67 Å². The highest BCUT2D eigenvalue weighted by atomic mass is 16.3. The van der Waals surface area contributed by atoms with E-state index in [0.29, 0.717) is 12.4 Å². The van der Waals surface area contributed by atoms with Crippen molar-refractivity contribution in [2.75, 3.05) is 7.05 Å². The summed E-state index contributed by atoms with van der Waals surface area (Å²) in [5, 5.41) is 11.3. The molecular formula is C20H24N6O3. The summed E-state index contributed by atoms with van der Waals surface area (Å²) in [6.45, 7) is 3.18. The number of hydrogen-bond acceptors (Lipinski definition) is 6. The van der Waals surface area contributed by atoms with E-state index in [1.165, 1.54) is 11.1 Å². The van der Waals surface area contributed by atoms with E-state index in [-0.39, 0.29) is 12.9 Å². The Hall–Kier alpha value is -3.59. The fraction of sp³-hybridized carbons (Fsp3) is 0.250. The minimum Gasteiger partial charge on any atom is -0.483 e. The number of nitrogens with two attached hydrogens (primary N) is 1. The number of carbonyl (C=O) groups is 2. The van der Waals surface area contributed by atoms with Crippen molar-refractivity contribution in [2.24, 2.45) is 5.73 Å². The molecule has 29 heavy (non-hydrogen) atoms. The number of carboxylic acid groups (broad SMARTS) is 1. The molecule has 0 aliphatic heterocycles. The Morgan fingerprint density at radius 1 is 1.24 bits per heavy atom. The van der Waals surface area contributed by atoms with Gasteiger partial charge >= 0.3 is 0 Å². The van der Waals surface area contributed by atoms with Gasteiger partial charge in [0.05, 0.1) is 24.8 Å². The lowest BCUT2D eigenvalue weighted by Crippen LogP contribution is -2.20. The van der Waals surface area contributed by atoms with E-state index >= 15 is 0 Å². The van der Waals surface area contributed by atoms with Gasteiger partial charge < -0.3 is 10.8 Å².